The summed E-state index contributed by atoms with van der Waals surface area (Å²) < 4.78 is 10.7. The number of anilines is 2. The van der Waals surface area contributed by atoms with Crippen LogP contribution in [0, 0.1) is 0 Å². The van der Waals surface area contributed by atoms with Gasteiger partial charge in [-0.3, -0.25) is 9.59 Å². The van der Waals surface area contributed by atoms with Gasteiger partial charge in [-0.1, -0.05) is 23.2 Å². The fourth-order valence-electron chi connectivity index (χ4n) is 2.08. The molecular formula is C16H12Cl2N2O4. The minimum absolute atomic E-state index is 0.0179. The number of halogens is 2. The molecule has 2 aromatic rings. The zero-order valence-electron chi connectivity index (χ0n) is 12.3. The van der Waals surface area contributed by atoms with Crippen molar-refractivity contribution < 1.29 is 19.1 Å². The first-order valence-electron chi connectivity index (χ1n) is 6.95. The van der Waals surface area contributed by atoms with Crippen LogP contribution >= 0.6 is 23.2 Å². The molecule has 124 valence electrons. The number of hydrogen-bond donors (Lipinski definition) is 2. The maximum atomic E-state index is 12.0. The maximum Gasteiger partial charge on any atom is 0.262 e. The van der Waals surface area contributed by atoms with Crippen LogP contribution in [-0.4, -0.2) is 25.0 Å². The predicted molar refractivity (Wildman–Crippen MR) is 91.2 cm³/mol. The highest BCUT2D eigenvalue weighted by atomic mass is 35.5. The summed E-state index contributed by atoms with van der Waals surface area (Å²) in [4.78, 5) is 23.3. The summed E-state index contributed by atoms with van der Waals surface area (Å²) in [6.45, 7) is -0.244. The third-order valence-corrected chi connectivity index (χ3v) is 3.72. The highest BCUT2D eigenvalue weighted by Crippen LogP contribution is 2.31. The topological polar surface area (TPSA) is 76.7 Å². The predicted octanol–water partition coefficient (Wildman–Crippen LogP) is 3.34. The van der Waals surface area contributed by atoms with E-state index in [-0.39, 0.29) is 19.1 Å². The van der Waals surface area contributed by atoms with Crippen LogP contribution in [0.5, 0.6) is 11.5 Å². The van der Waals surface area contributed by atoms with Crippen molar-refractivity contribution in [1.82, 2.24) is 0 Å². The Morgan fingerprint density at radius 2 is 2.08 bits per heavy atom. The van der Waals surface area contributed by atoms with E-state index in [9.17, 15) is 9.59 Å². The summed E-state index contributed by atoms with van der Waals surface area (Å²) in [5, 5.41) is 6.12. The van der Waals surface area contributed by atoms with E-state index in [4.69, 9.17) is 32.7 Å². The number of carbonyl (C=O) groups is 2. The maximum absolute atomic E-state index is 12.0. The Balaban J connectivity index is 1.61. The molecule has 8 heteroatoms. The lowest BCUT2D eigenvalue weighted by Gasteiger charge is -2.18. The monoisotopic (exact) mass is 366 g/mol. The molecule has 0 aromatic heterocycles. The third kappa shape index (κ3) is 3.90. The summed E-state index contributed by atoms with van der Waals surface area (Å²) in [5.74, 6) is 0.342. The number of benzene rings is 2. The summed E-state index contributed by atoms with van der Waals surface area (Å²) in [7, 11) is 0. The summed E-state index contributed by atoms with van der Waals surface area (Å²) in [6.07, 6.45) is 0. The molecule has 0 atom stereocenters. The van der Waals surface area contributed by atoms with Crippen molar-refractivity contribution in [2.24, 2.45) is 0 Å². The van der Waals surface area contributed by atoms with E-state index < -0.39 is 5.91 Å². The second kappa shape index (κ2) is 6.98. The minimum Gasteiger partial charge on any atom is -0.484 e. The van der Waals surface area contributed by atoms with Crippen molar-refractivity contribution in [3.63, 3.8) is 0 Å². The normalized spacial score (nSPS) is 12.7. The Bertz CT molecular complexity index is 811. The molecule has 0 bridgehead atoms. The van der Waals surface area contributed by atoms with Crippen LogP contribution in [0.2, 0.25) is 10.0 Å². The van der Waals surface area contributed by atoms with E-state index in [0.29, 0.717) is 32.9 Å². The quantitative estimate of drug-likeness (QED) is 0.869. The summed E-state index contributed by atoms with van der Waals surface area (Å²) >= 11 is 11.8. The van der Waals surface area contributed by atoms with Gasteiger partial charge in [0.2, 0.25) is 0 Å². The van der Waals surface area contributed by atoms with Crippen molar-refractivity contribution in [3.8, 4) is 11.5 Å². The molecule has 0 aliphatic carbocycles. The number of rotatable bonds is 4. The van der Waals surface area contributed by atoms with Crippen LogP contribution in [0.1, 0.15) is 0 Å². The van der Waals surface area contributed by atoms with Gasteiger partial charge in [0.1, 0.15) is 11.5 Å². The first kappa shape index (κ1) is 16.4. The van der Waals surface area contributed by atoms with Gasteiger partial charge in [-0.15, -0.1) is 0 Å². The van der Waals surface area contributed by atoms with E-state index in [1.54, 1.807) is 36.4 Å². The molecule has 1 heterocycles. The highest BCUT2D eigenvalue weighted by molar-refractivity contribution is 6.35. The van der Waals surface area contributed by atoms with Crippen LogP contribution < -0.4 is 20.1 Å². The van der Waals surface area contributed by atoms with Gasteiger partial charge in [0, 0.05) is 11.1 Å². The van der Waals surface area contributed by atoms with Crippen LogP contribution in [0.15, 0.2) is 36.4 Å². The summed E-state index contributed by atoms with van der Waals surface area (Å²) in [6, 6.07) is 9.66. The molecule has 3 rings (SSSR count). The number of carbonyl (C=O) groups excluding carboxylic acids is 2. The lowest BCUT2D eigenvalue weighted by atomic mass is 10.2. The molecule has 1 aliphatic heterocycles. The summed E-state index contributed by atoms with van der Waals surface area (Å²) in [5.41, 5.74) is 0.908. The number of hydrogen-bond acceptors (Lipinski definition) is 4. The number of amides is 2. The van der Waals surface area contributed by atoms with Gasteiger partial charge in [0.25, 0.3) is 11.8 Å². The molecule has 0 spiro atoms. The second-order valence-corrected chi connectivity index (χ2v) is 5.80. The van der Waals surface area contributed by atoms with Crippen molar-refractivity contribution in [2.75, 3.05) is 23.8 Å². The smallest absolute Gasteiger partial charge is 0.262 e. The molecular weight excluding hydrogens is 355 g/mol. The Kier molecular flexibility index (Phi) is 4.78. The number of fused-ring (bicyclic) bond motifs is 1. The van der Waals surface area contributed by atoms with Crippen LogP contribution in [0.25, 0.3) is 0 Å². The standard InChI is InChI=1S/C16H12Cl2N2O4/c17-9-1-3-11(18)12(5-9)19-15(21)7-23-10-2-4-14-13(6-10)20-16(22)8-24-14/h1-6H,7-8H2,(H,19,21)(H,20,22). The Morgan fingerprint density at radius 3 is 2.92 bits per heavy atom. The first-order chi connectivity index (χ1) is 11.5. The van der Waals surface area contributed by atoms with E-state index in [1.165, 1.54) is 0 Å². The fraction of sp³-hybridized carbons (Fsp3) is 0.125. The molecule has 2 N–H and O–H groups in total. The molecule has 1 aliphatic rings. The number of ether oxygens (including phenoxy) is 2. The minimum atomic E-state index is -0.392. The van der Waals surface area contributed by atoms with E-state index in [2.05, 4.69) is 10.6 Å². The Hall–Kier alpha value is -2.44. The lowest BCUT2D eigenvalue weighted by Crippen LogP contribution is -2.25. The van der Waals surface area contributed by atoms with Crippen molar-refractivity contribution in [1.29, 1.82) is 0 Å². The van der Waals surface area contributed by atoms with Gasteiger partial charge in [0.05, 0.1) is 16.4 Å². The van der Waals surface area contributed by atoms with Crippen LogP contribution in [0.3, 0.4) is 0 Å². The van der Waals surface area contributed by atoms with Crippen LogP contribution in [-0.2, 0) is 9.59 Å². The number of nitrogens with one attached hydrogen (secondary N) is 2. The fourth-order valence-corrected chi connectivity index (χ4v) is 2.42. The molecule has 0 saturated heterocycles. The Labute approximate surface area is 147 Å². The molecule has 0 unspecified atom stereocenters. The zero-order chi connectivity index (χ0) is 17.1. The molecule has 0 saturated carbocycles. The highest BCUT2D eigenvalue weighted by Gasteiger charge is 2.16. The second-order valence-electron chi connectivity index (χ2n) is 4.96. The van der Waals surface area contributed by atoms with E-state index in [0.717, 1.165) is 0 Å². The third-order valence-electron chi connectivity index (χ3n) is 3.16. The zero-order valence-corrected chi connectivity index (χ0v) is 13.8. The SMILES string of the molecule is O=C(COc1ccc2c(c1)NC(=O)CO2)Nc1cc(Cl)ccc1Cl. The van der Waals surface area contributed by atoms with Gasteiger partial charge in [-0.2, -0.15) is 0 Å². The molecule has 2 aromatic carbocycles. The first-order valence-corrected chi connectivity index (χ1v) is 7.71. The van der Waals surface area contributed by atoms with Gasteiger partial charge >= 0.3 is 0 Å². The Morgan fingerprint density at radius 1 is 1.25 bits per heavy atom. The lowest BCUT2D eigenvalue weighted by molar-refractivity contribution is -0.119. The largest absolute Gasteiger partial charge is 0.484 e. The van der Waals surface area contributed by atoms with Gasteiger partial charge in [0.15, 0.2) is 13.2 Å². The van der Waals surface area contributed by atoms with Crippen molar-refractivity contribution in [3.05, 3.63) is 46.4 Å². The van der Waals surface area contributed by atoms with Gasteiger partial charge in [-0.25, -0.2) is 0 Å². The van der Waals surface area contributed by atoms with E-state index >= 15 is 0 Å². The van der Waals surface area contributed by atoms with Crippen molar-refractivity contribution >= 4 is 46.4 Å². The van der Waals surface area contributed by atoms with E-state index in [1.807, 2.05) is 0 Å². The molecule has 2 amide bonds. The average molecular weight is 367 g/mol. The average Bonchev–Trinajstić information content (AvgIpc) is 2.56. The molecule has 24 heavy (non-hydrogen) atoms. The molecule has 6 nitrogen and oxygen atoms in total. The van der Waals surface area contributed by atoms with Crippen molar-refractivity contribution in [2.45, 2.75) is 0 Å². The molecule has 0 radical (unpaired) electrons. The van der Waals surface area contributed by atoms with Gasteiger partial charge < -0.3 is 20.1 Å². The van der Waals surface area contributed by atoms with Crippen LogP contribution in [0.4, 0.5) is 11.4 Å². The van der Waals surface area contributed by atoms with Gasteiger partial charge in [-0.05, 0) is 30.3 Å². The molecule has 0 fully saturated rings.